The Labute approximate surface area is 196 Å². The zero-order chi connectivity index (χ0) is 23.6. The third-order valence-electron chi connectivity index (χ3n) is 4.68. The van der Waals surface area contributed by atoms with E-state index in [0.29, 0.717) is 46.9 Å². The highest BCUT2D eigenvalue weighted by atomic mass is 35.5. The number of benzene rings is 2. The number of aromatic nitrogens is 2. The van der Waals surface area contributed by atoms with E-state index in [1.807, 2.05) is 0 Å². The maximum absolute atomic E-state index is 12.6. The van der Waals surface area contributed by atoms with Gasteiger partial charge in [-0.05, 0) is 42.5 Å². The smallest absolute Gasteiger partial charge is 0.406 e. The number of hydrogen-bond donors (Lipinski definition) is 2. The molecule has 1 aromatic heterocycles. The van der Waals surface area contributed by atoms with Gasteiger partial charge in [0, 0.05) is 46.1 Å². The lowest BCUT2D eigenvalue weighted by molar-refractivity contribution is -0.274. The largest absolute Gasteiger partial charge is 0.573 e. The van der Waals surface area contributed by atoms with Gasteiger partial charge in [-0.15, -0.1) is 13.2 Å². The molecule has 33 heavy (non-hydrogen) atoms. The summed E-state index contributed by atoms with van der Waals surface area (Å²) < 4.78 is 40.6. The van der Waals surface area contributed by atoms with Gasteiger partial charge in [-0.1, -0.05) is 23.2 Å². The molecule has 0 atom stereocenters. The topological polar surface area (TPSA) is 79.4 Å². The van der Waals surface area contributed by atoms with Crippen molar-refractivity contribution in [2.45, 2.75) is 19.3 Å². The third kappa shape index (κ3) is 6.17. The molecule has 1 aliphatic rings. The first-order valence-corrected chi connectivity index (χ1v) is 10.4. The number of nitrogens with one attached hydrogen (secondary N) is 2. The van der Waals surface area contributed by atoms with E-state index in [1.54, 1.807) is 29.3 Å². The number of alkyl halides is 3. The van der Waals surface area contributed by atoms with Gasteiger partial charge in [-0.2, -0.15) is 0 Å². The van der Waals surface area contributed by atoms with Crippen molar-refractivity contribution in [2.24, 2.45) is 0 Å². The molecule has 0 unspecified atom stereocenters. The maximum Gasteiger partial charge on any atom is 0.573 e. The van der Waals surface area contributed by atoms with Crippen molar-refractivity contribution in [3.63, 3.8) is 0 Å². The normalized spacial score (nSPS) is 13.3. The molecule has 0 bridgehead atoms. The van der Waals surface area contributed by atoms with Crippen LogP contribution in [-0.2, 0) is 13.0 Å². The highest BCUT2D eigenvalue weighted by Crippen LogP contribution is 2.26. The van der Waals surface area contributed by atoms with Gasteiger partial charge in [0.05, 0.1) is 12.2 Å². The molecule has 2 N–H and O–H groups in total. The van der Waals surface area contributed by atoms with Crippen LogP contribution in [-0.4, -0.2) is 33.8 Å². The molecule has 0 fully saturated rings. The third-order valence-corrected chi connectivity index (χ3v) is 5.12. The number of rotatable bonds is 4. The van der Waals surface area contributed by atoms with Gasteiger partial charge in [-0.3, -0.25) is 0 Å². The summed E-state index contributed by atoms with van der Waals surface area (Å²) in [6.45, 7) is 0.702. The summed E-state index contributed by atoms with van der Waals surface area (Å²) >= 11 is 12.0. The van der Waals surface area contributed by atoms with Crippen LogP contribution < -0.4 is 15.4 Å². The van der Waals surface area contributed by atoms with E-state index >= 15 is 0 Å². The van der Waals surface area contributed by atoms with Gasteiger partial charge in [0.25, 0.3) is 0 Å². The number of carbonyl (C=O) groups is 1. The first-order valence-electron chi connectivity index (χ1n) is 9.64. The molecule has 7 nitrogen and oxygen atoms in total. The van der Waals surface area contributed by atoms with Crippen molar-refractivity contribution in [2.75, 3.05) is 17.2 Å². The van der Waals surface area contributed by atoms with Crippen LogP contribution in [0.3, 0.4) is 0 Å². The van der Waals surface area contributed by atoms with Crippen LogP contribution in [0.1, 0.15) is 11.3 Å². The van der Waals surface area contributed by atoms with E-state index in [4.69, 9.17) is 23.2 Å². The molecule has 0 spiro atoms. The van der Waals surface area contributed by atoms with Crippen LogP contribution in [0.15, 0.2) is 48.7 Å². The molecule has 12 heteroatoms. The second-order valence-corrected chi connectivity index (χ2v) is 8.00. The number of carbonyl (C=O) groups excluding carboxylic acids is 1. The average molecular weight is 498 g/mol. The number of anilines is 3. The molecule has 0 saturated carbocycles. The molecule has 0 saturated heterocycles. The van der Waals surface area contributed by atoms with E-state index in [0.717, 1.165) is 23.4 Å². The van der Waals surface area contributed by atoms with Gasteiger partial charge < -0.3 is 20.3 Å². The van der Waals surface area contributed by atoms with Crippen LogP contribution in [0.5, 0.6) is 5.75 Å². The summed E-state index contributed by atoms with van der Waals surface area (Å²) in [4.78, 5) is 23.0. The van der Waals surface area contributed by atoms with Gasteiger partial charge >= 0.3 is 12.4 Å². The second-order valence-electron chi connectivity index (χ2n) is 7.12. The fourth-order valence-electron chi connectivity index (χ4n) is 3.25. The Hall–Kier alpha value is -3.24. The zero-order valence-corrected chi connectivity index (χ0v) is 18.3. The summed E-state index contributed by atoms with van der Waals surface area (Å²) in [5.41, 5.74) is 2.59. The molecule has 4 rings (SSSR count). The van der Waals surface area contributed by atoms with E-state index in [2.05, 4.69) is 25.3 Å². The van der Waals surface area contributed by atoms with Crippen LogP contribution in [0.25, 0.3) is 0 Å². The van der Waals surface area contributed by atoms with Gasteiger partial charge in [0.1, 0.15) is 5.75 Å². The lowest BCUT2D eigenvalue weighted by atomic mass is 10.1. The molecule has 172 valence electrons. The molecular weight excluding hydrogens is 482 g/mol. The summed E-state index contributed by atoms with van der Waals surface area (Å²) in [6.07, 6.45) is -2.63. The molecule has 2 amide bonds. The Morgan fingerprint density at radius 1 is 1.06 bits per heavy atom. The minimum Gasteiger partial charge on any atom is -0.406 e. The van der Waals surface area contributed by atoms with E-state index in [-0.39, 0.29) is 11.8 Å². The van der Waals surface area contributed by atoms with Crippen molar-refractivity contribution < 1.29 is 22.7 Å². The Kier molecular flexibility index (Phi) is 6.48. The summed E-state index contributed by atoms with van der Waals surface area (Å²) in [5, 5.41) is 6.67. The summed E-state index contributed by atoms with van der Waals surface area (Å²) in [6, 6.07) is 9.55. The SMILES string of the molecule is O=C(Nc1ccc(OC(F)(F)F)cc1)N1CCc2nc(Nc3cc(Cl)cc(Cl)c3)ncc2C1. The molecule has 0 radical (unpaired) electrons. The second kappa shape index (κ2) is 9.32. The van der Waals surface area contributed by atoms with Crippen LogP contribution in [0, 0.1) is 0 Å². The first-order chi connectivity index (χ1) is 15.6. The predicted octanol–water partition coefficient (Wildman–Crippen LogP) is 6.02. The monoisotopic (exact) mass is 497 g/mol. The van der Waals surface area contributed by atoms with E-state index in [9.17, 15) is 18.0 Å². The van der Waals surface area contributed by atoms with Crippen molar-refractivity contribution in [1.29, 1.82) is 0 Å². The highest BCUT2D eigenvalue weighted by Gasteiger charge is 2.31. The van der Waals surface area contributed by atoms with E-state index in [1.165, 1.54) is 12.1 Å². The van der Waals surface area contributed by atoms with Crippen LogP contribution in [0.2, 0.25) is 10.0 Å². The Morgan fingerprint density at radius 2 is 1.76 bits per heavy atom. The number of ether oxygens (including phenoxy) is 1. The number of halogens is 5. The number of amides is 2. The number of urea groups is 1. The maximum atomic E-state index is 12.6. The van der Waals surface area contributed by atoms with Gasteiger partial charge in [0.15, 0.2) is 0 Å². The molecule has 3 aromatic rings. The highest BCUT2D eigenvalue weighted by molar-refractivity contribution is 6.35. The van der Waals surface area contributed by atoms with Gasteiger partial charge in [-0.25, -0.2) is 14.8 Å². The minimum atomic E-state index is -4.77. The minimum absolute atomic E-state index is 0.291. The Morgan fingerprint density at radius 3 is 2.42 bits per heavy atom. The van der Waals surface area contributed by atoms with Crippen LogP contribution >= 0.6 is 23.2 Å². The fourth-order valence-corrected chi connectivity index (χ4v) is 3.77. The Bertz CT molecular complexity index is 1160. The quantitative estimate of drug-likeness (QED) is 0.460. The molecule has 1 aliphatic heterocycles. The number of hydrogen-bond acceptors (Lipinski definition) is 5. The lowest BCUT2D eigenvalue weighted by Gasteiger charge is -2.28. The molecular formula is C21H16Cl2F3N5O2. The van der Waals surface area contributed by atoms with Gasteiger partial charge in [0.2, 0.25) is 5.95 Å². The van der Waals surface area contributed by atoms with Crippen molar-refractivity contribution in [3.05, 3.63) is 70.0 Å². The van der Waals surface area contributed by atoms with Crippen molar-refractivity contribution in [1.82, 2.24) is 14.9 Å². The fraction of sp³-hybridized carbons (Fsp3) is 0.190. The number of fused-ring (bicyclic) bond motifs is 1. The Balaban J connectivity index is 1.38. The summed E-state index contributed by atoms with van der Waals surface area (Å²) in [5.74, 6) is 0.0140. The first kappa shape index (κ1) is 22.9. The standard InChI is InChI=1S/C21H16Cl2F3N5O2/c22-13-7-14(23)9-16(8-13)28-19-27-10-12-11-31(6-5-18(12)30-19)20(32)29-15-1-3-17(4-2-15)33-21(24,25)26/h1-4,7-10H,5-6,11H2,(H,29,32)(H,27,28,30). The van der Waals surface area contributed by atoms with Crippen LogP contribution in [0.4, 0.5) is 35.3 Å². The molecule has 2 aromatic carbocycles. The number of nitrogens with zero attached hydrogens (tertiary/aromatic N) is 3. The predicted molar refractivity (Wildman–Crippen MR) is 118 cm³/mol. The van der Waals surface area contributed by atoms with E-state index < -0.39 is 6.36 Å². The lowest BCUT2D eigenvalue weighted by Crippen LogP contribution is -2.39. The van der Waals surface area contributed by atoms with Crippen molar-refractivity contribution in [3.8, 4) is 5.75 Å². The average Bonchev–Trinajstić information content (AvgIpc) is 2.73. The molecule has 0 aliphatic carbocycles. The zero-order valence-electron chi connectivity index (χ0n) is 16.8. The summed E-state index contributed by atoms with van der Waals surface area (Å²) in [7, 11) is 0. The molecule has 2 heterocycles. The van der Waals surface area contributed by atoms with Crippen molar-refractivity contribution >= 4 is 46.6 Å².